The molecule has 2 N–H and O–H groups in total. The third-order valence-electron chi connectivity index (χ3n) is 2.06. The van der Waals surface area contributed by atoms with Crippen molar-refractivity contribution in [1.82, 2.24) is 5.32 Å². The molecule has 0 spiro atoms. The molecule has 0 saturated carbocycles. The molecule has 0 unspecified atom stereocenters. The lowest BCUT2D eigenvalue weighted by molar-refractivity contribution is -0.207. The molecule has 1 aliphatic heterocycles. The van der Waals surface area contributed by atoms with Crippen molar-refractivity contribution >= 4 is 12.1 Å². The predicted octanol–water partition coefficient (Wildman–Crippen LogP) is 0.701. The van der Waals surface area contributed by atoms with Crippen LogP contribution in [0.4, 0.5) is 9.18 Å². The number of alkyl carbamates (subject to hydrolysis) is 1. The molecule has 1 amide bonds. The third-order valence-corrected chi connectivity index (χ3v) is 2.06. The number of nitrogens with one attached hydrogen (secondary N) is 1. The van der Waals surface area contributed by atoms with Crippen LogP contribution in [0.5, 0.6) is 0 Å². The molecule has 0 bridgehead atoms. The normalized spacial score (nSPS) is 28.1. The van der Waals surface area contributed by atoms with Crippen molar-refractivity contribution in [2.24, 2.45) is 0 Å². The first kappa shape index (κ1) is 13.7. The highest BCUT2D eigenvalue weighted by atomic mass is 19.1. The molecular formula is C10H16FNO5. The van der Waals surface area contributed by atoms with Gasteiger partial charge in [0, 0.05) is 0 Å². The van der Waals surface area contributed by atoms with Gasteiger partial charge in [-0.3, -0.25) is 0 Å². The Morgan fingerprint density at radius 1 is 1.47 bits per heavy atom. The summed E-state index contributed by atoms with van der Waals surface area (Å²) >= 11 is 0. The minimum Gasteiger partial charge on any atom is -0.479 e. The average Bonchev–Trinajstić information content (AvgIpc) is 2.11. The summed E-state index contributed by atoms with van der Waals surface area (Å²) in [6.45, 7) is 4.99. The Hall–Kier alpha value is -1.37. The van der Waals surface area contributed by atoms with E-state index in [1.165, 1.54) is 0 Å². The molecule has 1 heterocycles. The highest BCUT2D eigenvalue weighted by Gasteiger charge is 2.47. The van der Waals surface area contributed by atoms with Crippen LogP contribution in [0.3, 0.4) is 0 Å². The summed E-state index contributed by atoms with van der Waals surface area (Å²) in [6, 6.07) is 0. The van der Waals surface area contributed by atoms with E-state index in [9.17, 15) is 14.0 Å². The van der Waals surface area contributed by atoms with Crippen LogP contribution in [0.25, 0.3) is 0 Å². The number of alkyl halides is 1. The number of hydrogen-bond donors (Lipinski definition) is 2. The number of rotatable bonds is 3. The standard InChI is InChI=1S/C10H16FNO5/c1-10(2,3)17-9(15)12-4-5-6(11)7(16-5)8(13)14/h5-7H,4H2,1-3H3,(H,12,15)(H,13,14)/t5-,6-,7-/m1/s1. The molecule has 17 heavy (non-hydrogen) atoms. The zero-order chi connectivity index (χ0) is 13.2. The summed E-state index contributed by atoms with van der Waals surface area (Å²) in [5.41, 5.74) is -0.636. The Balaban J connectivity index is 2.25. The lowest BCUT2D eigenvalue weighted by atomic mass is 10.0. The molecule has 7 heteroatoms. The van der Waals surface area contributed by atoms with Crippen LogP contribution in [-0.2, 0) is 14.3 Å². The first-order valence-corrected chi connectivity index (χ1v) is 5.20. The summed E-state index contributed by atoms with van der Waals surface area (Å²) in [5.74, 6) is -1.34. The summed E-state index contributed by atoms with van der Waals surface area (Å²) in [5, 5.41) is 10.8. The highest BCUT2D eigenvalue weighted by Crippen LogP contribution is 2.24. The van der Waals surface area contributed by atoms with Gasteiger partial charge in [0.2, 0.25) is 0 Å². The van der Waals surface area contributed by atoms with E-state index in [2.05, 4.69) is 5.32 Å². The average molecular weight is 249 g/mol. The van der Waals surface area contributed by atoms with Crippen molar-refractivity contribution in [1.29, 1.82) is 0 Å². The van der Waals surface area contributed by atoms with E-state index in [0.717, 1.165) is 0 Å². The van der Waals surface area contributed by atoms with E-state index in [-0.39, 0.29) is 6.54 Å². The summed E-state index contributed by atoms with van der Waals surface area (Å²) in [7, 11) is 0. The van der Waals surface area contributed by atoms with E-state index in [0.29, 0.717) is 0 Å². The molecular weight excluding hydrogens is 233 g/mol. The minimum absolute atomic E-state index is 0.111. The predicted molar refractivity (Wildman–Crippen MR) is 55.4 cm³/mol. The number of aliphatic carboxylic acids is 1. The first-order chi connectivity index (χ1) is 7.70. The van der Waals surface area contributed by atoms with Gasteiger partial charge in [-0.2, -0.15) is 0 Å². The molecule has 3 atom stereocenters. The summed E-state index contributed by atoms with van der Waals surface area (Å²) < 4.78 is 22.9. The van der Waals surface area contributed by atoms with Gasteiger partial charge in [0.1, 0.15) is 11.7 Å². The quantitative estimate of drug-likeness (QED) is 0.769. The Bertz CT molecular complexity index is 314. The van der Waals surface area contributed by atoms with Gasteiger partial charge in [0.05, 0.1) is 6.54 Å². The van der Waals surface area contributed by atoms with E-state index < -0.39 is 36.0 Å². The largest absolute Gasteiger partial charge is 0.479 e. The van der Waals surface area contributed by atoms with Crippen LogP contribution in [0.1, 0.15) is 20.8 Å². The molecule has 0 aromatic rings. The fraction of sp³-hybridized carbons (Fsp3) is 0.800. The van der Waals surface area contributed by atoms with Gasteiger partial charge in [0.25, 0.3) is 0 Å². The molecule has 6 nitrogen and oxygen atoms in total. The maximum absolute atomic E-state index is 13.2. The van der Waals surface area contributed by atoms with Crippen molar-refractivity contribution in [2.75, 3.05) is 6.54 Å². The van der Waals surface area contributed by atoms with Crippen LogP contribution in [0.2, 0.25) is 0 Å². The summed E-state index contributed by atoms with van der Waals surface area (Å²) in [6.07, 6.45) is -4.65. The molecule has 0 aliphatic carbocycles. The zero-order valence-electron chi connectivity index (χ0n) is 9.90. The number of halogens is 1. The van der Waals surface area contributed by atoms with Crippen LogP contribution in [0.15, 0.2) is 0 Å². The number of amides is 1. The van der Waals surface area contributed by atoms with E-state index in [1.807, 2.05) is 0 Å². The number of carbonyl (C=O) groups excluding carboxylic acids is 1. The number of carboxylic acid groups (broad SMARTS) is 1. The van der Waals surface area contributed by atoms with Crippen molar-refractivity contribution in [3.8, 4) is 0 Å². The van der Waals surface area contributed by atoms with E-state index in [1.54, 1.807) is 20.8 Å². The van der Waals surface area contributed by atoms with Gasteiger partial charge in [-0.25, -0.2) is 14.0 Å². The lowest BCUT2D eigenvalue weighted by Crippen LogP contribution is -2.59. The first-order valence-electron chi connectivity index (χ1n) is 5.20. The van der Waals surface area contributed by atoms with Crippen LogP contribution < -0.4 is 5.32 Å². The molecule has 0 aromatic carbocycles. The maximum atomic E-state index is 13.2. The number of hydrogen-bond acceptors (Lipinski definition) is 4. The molecule has 1 saturated heterocycles. The Labute approximate surface area is 98.1 Å². The molecule has 0 radical (unpaired) electrons. The Morgan fingerprint density at radius 3 is 2.47 bits per heavy atom. The SMILES string of the molecule is CC(C)(C)OC(=O)NC[C@H]1O[C@@H](C(=O)O)[C@@H]1F. The summed E-state index contributed by atoms with van der Waals surface area (Å²) in [4.78, 5) is 21.6. The number of carboxylic acids is 1. The van der Waals surface area contributed by atoms with Crippen LogP contribution >= 0.6 is 0 Å². The van der Waals surface area contributed by atoms with Gasteiger partial charge in [0.15, 0.2) is 12.3 Å². The molecule has 1 fully saturated rings. The molecule has 98 valence electrons. The van der Waals surface area contributed by atoms with Crippen molar-refractivity contribution in [3.05, 3.63) is 0 Å². The van der Waals surface area contributed by atoms with Gasteiger partial charge >= 0.3 is 12.1 Å². The van der Waals surface area contributed by atoms with Gasteiger partial charge in [-0.05, 0) is 20.8 Å². The molecule has 1 rings (SSSR count). The van der Waals surface area contributed by atoms with Crippen LogP contribution in [0, 0.1) is 0 Å². The van der Waals surface area contributed by atoms with Crippen molar-refractivity contribution < 1.29 is 28.6 Å². The third kappa shape index (κ3) is 3.85. The zero-order valence-corrected chi connectivity index (χ0v) is 9.90. The fourth-order valence-electron chi connectivity index (χ4n) is 1.30. The monoisotopic (exact) mass is 249 g/mol. The highest BCUT2D eigenvalue weighted by molar-refractivity contribution is 5.74. The number of carbonyl (C=O) groups is 2. The minimum atomic E-state index is -1.61. The van der Waals surface area contributed by atoms with E-state index in [4.69, 9.17) is 14.6 Å². The van der Waals surface area contributed by atoms with Gasteiger partial charge in [-0.1, -0.05) is 0 Å². The maximum Gasteiger partial charge on any atom is 0.407 e. The second-order valence-corrected chi connectivity index (χ2v) is 4.76. The molecule has 1 aliphatic rings. The van der Waals surface area contributed by atoms with Crippen LogP contribution in [-0.4, -0.2) is 47.7 Å². The van der Waals surface area contributed by atoms with E-state index >= 15 is 0 Å². The second kappa shape index (κ2) is 4.87. The van der Waals surface area contributed by atoms with Crippen molar-refractivity contribution in [2.45, 2.75) is 44.8 Å². The number of ether oxygens (including phenoxy) is 2. The Kier molecular flexibility index (Phi) is 3.92. The van der Waals surface area contributed by atoms with Gasteiger partial charge < -0.3 is 19.9 Å². The fourth-order valence-corrected chi connectivity index (χ4v) is 1.30. The lowest BCUT2D eigenvalue weighted by Gasteiger charge is -2.37. The molecule has 0 aromatic heterocycles. The Morgan fingerprint density at radius 2 is 2.06 bits per heavy atom. The van der Waals surface area contributed by atoms with Gasteiger partial charge in [-0.15, -0.1) is 0 Å². The topological polar surface area (TPSA) is 84.9 Å². The van der Waals surface area contributed by atoms with Crippen molar-refractivity contribution in [3.63, 3.8) is 0 Å². The second-order valence-electron chi connectivity index (χ2n) is 4.76. The smallest absolute Gasteiger partial charge is 0.407 e.